The summed E-state index contributed by atoms with van der Waals surface area (Å²) < 4.78 is 23.3. The van der Waals surface area contributed by atoms with Crippen molar-refractivity contribution in [2.24, 2.45) is 11.3 Å². The molecule has 1 heterocycles. The maximum Gasteiger partial charge on any atom is 0.150 e. The second-order valence-corrected chi connectivity index (χ2v) is 9.30. The fourth-order valence-corrected chi connectivity index (χ4v) is 5.15. The average molecular weight is 303 g/mol. The van der Waals surface area contributed by atoms with E-state index in [9.17, 15) is 8.42 Å². The van der Waals surface area contributed by atoms with Crippen molar-refractivity contribution >= 4 is 9.84 Å². The van der Waals surface area contributed by atoms with Crippen LogP contribution in [0.25, 0.3) is 0 Å². The molecule has 3 heteroatoms. The minimum absolute atomic E-state index is 0.375. The van der Waals surface area contributed by atoms with Crippen molar-refractivity contribution in [1.82, 2.24) is 0 Å². The van der Waals surface area contributed by atoms with E-state index in [0.29, 0.717) is 22.8 Å². The number of rotatable bonds is 9. The summed E-state index contributed by atoms with van der Waals surface area (Å²) in [6.07, 6.45) is 12.2. The fourth-order valence-electron chi connectivity index (χ4n) is 3.66. The summed E-state index contributed by atoms with van der Waals surface area (Å²) in [5.41, 5.74) is 0.375. The monoisotopic (exact) mass is 302 g/mol. The van der Waals surface area contributed by atoms with Crippen molar-refractivity contribution in [2.45, 2.75) is 85.0 Å². The lowest BCUT2D eigenvalue weighted by Crippen LogP contribution is -2.35. The zero-order valence-electron chi connectivity index (χ0n) is 13.8. The lowest BCUT2D eigenvalue weighted by atomic mass is 9.68. The molecule has 2 nitrogen and oxygen atoms in total. The van der Waals surface area contributed by atoms with Gasteiger partial charge in [-0.1, -0.05) is 59.3 Å². The molecule has 0 aromatic heterocycles. The maximum atomic E-state index is 11.6. The fraction of sp³-hybridized carbons (Fsp3) is 1.00. The summed E-state index contributed by atoms with van der Waals surface area (Å²) in [5.74, 6) is 1.47. The van der Waals surface area contributed by atoms with Gasteiger partial charge in [0.1, 0.15) is 9.84 Å². The molecular weight excluding hydrogens is 268 g/mol. The van der Waals surface area contributed by atoms with E-state index < -0.39 is 9.84 Å². The second kappa shape index (κ2) is 8.41. The first-order chi connectivity index (χ1) is 9.43. The number of unbranched alkanes of at least 4 members (excludes halogenated alkanes) is 4. The van der Waals surface area contributed by atoms with Gasteiger partial charge in [0.2, 0.25) is 0 Å². The first-order valence-corrected chi connectivity index (χ1v) is 10.5. The van der Waals surface area contributed by atoms with E-state index in [-0.39, 0.29) is 0 Å². The van der Waals surface area contributed by atoms with E-state index in [1.54, 1.807) is 0 Å². The van der Waals surface area contributed by atoms with Crippen LogP contribution in [0.5, 0.6) is 0 Å². The van der Waals surface area contributed by atoms with Crippen LogP contribution >= 0.6 is 0 Å². The molecule has 0 saturated carbocycles. The summed E-state index contributed by atoms with van der Waals surface area (Å²) >= 11 is 0. The Morgan fingerprint density at radius 2 is 1.45 bits per heavy atom. The standard InChI is InChI=1S/C17H34O2S/c1-4-6-8-9-13-17(3,12-7-5-2)16-10-14-20(18,19)15-11-16/h16H,4-15H2,1-3H3. The van der Waals surface area contributed by atoms with Crippen molar-refractivity contribution in [3.05, 3.63) is 0 Å². The van der Waals surface area contributed by atoms with Crippen molar-refractivity contribution < 1.29 is 8.42 Å². The first kappa shape index (κ1) is 18.0. The zero-order chi connectivity index (χ0) is 15.1. The molecule has 0 radical (unpaired) electrons. The number of hydrogen-bond acceptors (Lipinski definition) is 2. The molecule has 1 unspecified atom stereocenters. The van der Waals surface area contributed by atoms with Gasteiger partial charge in [0.15, 0.2) is 0 Å². The van der Waals surface area contributed by atoms with E-state index in [1.165, 1.54) is 51.4 Å². The predicted molar refractivity (Wildman–Crippen MR) is 87.8 cm³/mol. The van der Waals surface area contributed by atoms with E-state index in [4.69, 9.17) is 0 Å². The molecule has 1 fully saturated rings. The molecule has 1 saturated heterocycles. The summed E-state index contributed by atoms with van der Waals surface area (Å²) in [6.45, 7) is 6.93. The Hall–Kier alpha value is -0.0500. The first-order valence-electron chi connectivity index (χ1n) is 8.64. The molecule has 1 rings (SSSR count). The Kier molecular flexibility index (Phi) is 7.57. The molecule has 0 aromatic rings. The lowest BCUT2D eigenvalue weighted by molar-refractivity contribution is 0.132. The largest absolute Gasteiger partial charge is 0.229 e. The molecule has 0 spiro atoms. The Morgan fingerprint density at radius 1 is 0.900 bits per heavy atom. The van der Waals surface area contributed by atoms with Gasteiger partial charge < -0.3 is 0 Å². The van der Waals surface area contributed by atoms with Crippen molar-refractivity contribution in [3.63, 3.8) is 0 Å². The molecule has 0 bridgehead atoms. The van der Waals surface area contributed by atoms with Crippen LogP contribution in [0.15, 0.2) is 0 Å². The zero-order valence-corrected chi connectivity index (χ0v) is 14.6. The molecule has 20 heavy (non-hydrogen) atoms. The lowest BCUT2D eigenvalue weighted by Gasteiger charge is -2.40. The smallest absolute Gasteiger partial charge is 0.150 e. The summed E-state index contributed by atoms with van der Waals surface area (Å²) in [4.78, 5) is 0. The van der Waals surface area contributed by atoms with Crippen LogP contribution in [-0.4, -0.2) is 19.9 Å². The molecule has 1 atom stereocenters. The van der Waals surface area contributed by atoms with Crippen LogP contribution in [0.1, 0.15) is 85.0 Å². The van der Waals surface area contributed by atoms with Crippen molar-refractivity contribution in [3.8, 4) is 0 Å². The topological polar surface area (TPSA) is 34.1 Å². The molecule has 1 aliphatic heterocycles. The average Bonchev–Trinajstić information content (AvgIpc) is 2.41. The molecular formula is C17H34O2S. The number of sulfone groups is 1. The third kappa shape index (κ3) is 5.75. The van der Waals surface area contributed by atoms with Gasteiger partial charge in [0.25, 0.3) is 0 Å². The van der Waals surface area contributed by atoms with Gasteiger partial charge in [-0.3, -0.25) is 0 Å². The highest BCUT2D eigenvalue weighted by Crippen LogP contribution is 2.43. The van der Waals surface area contributed by atoms with E-state index >= 15 is 0 Å². The third-order valence-electron chi connectivity index (χ3n) is 5.24. The van der Waals surface area contributed by atoms with Crippen LogP contribution in [0.4, 0.5) is 0 Å². The maximum absolute atomic E-state index is 11.6. The van der Waals surface area contributed by atoms with Crippen LogP contribution < -0.4 is 0 Å². The van der Waals surface area contributed by atoms with Crippen LogP contribution in [-0.2, 0) is 9.84 Å². The Morgan fingerprint density at radius 3 is 2.00 bits per heavy atom. The third-order valence-corrected chi connectivity index (χ3v) is 6.96. The summed E-state index contributed by atoms with van der Waals surface area (Å²) in [6, 6.07) is 0. The molecule has 1 aliphatic rings. The quantitative estimate of drug-likeness (QED) is 0.563. The van der Waals surface area contributed by atoms with Crippen LogP contribution in [0.2, 0.25) is 0 Å². The van der Waals surface area contributed by atoms with Gasteiger partial charge in [-0.25, -0.2) is 8.42 Å². The molecule has 0 amide bonds. The molecule has 120 valence electrons. The minimum Gasteiger partial charge on any atom is -0.229 e. The van der Waals surface area contributed by atoms with Gasteiger partial charge in [0, 0.05) is 0 Å². The van der Waals surface area contributed by atoms with E-state index in [0.717, 1.165) is 12.8 Å². The van der Waals surface area contributed by atoms with E-state index in [1.807, 2.05) is 0 Å². The van der Waals surface area contributed by atoms with Gasteiger partial charge in [0.05, 0.1) is 11.5 Å². The molecule has 0 aromatic carbocycles. The highest BCUT2D eigenvalue weighted by Gasteiger charge is 2.36. The second-order valence-electron chi connectivity index (χ2n) is 6.99. The SMILES string of the molecule is CCCCCCC(C)(CCCC)C1CCS(=O)(=O)CC1. The molecule has 0 N–H and O–H groups in total. The van der Waals surface area contributed by atoms with Gasteiger partial charge >= 0.3 is 0 Å². The van der Waals surface area contributed by atoms with Crippen molar-refractivity contribution in [1.29, 1.82) is 0 Å². The molecule has 0 aliphatic carbocycles. The number of hydrogen-bond donors (Lipinski definition) is 0. The summed E-state index contributed by atoms with van der Waals surface area (Å²) in [7, 11) is -2.73. The van der Waals surface area contributed by atoms with Gasteiger partial charge in [-0.2, -0.15) is 0 Å². The predicted octanol–water partition coefficient (Wildman–Crippen LogP) is 4.98. The highest BCUT2D eigenvalue weighted by atomic mass is 32.2. The van der Waals surface area contributed by atoms with Crippen molar-refractivity contribution in [2.75, 3.05) is 11.5 Å². The minimum atomic E-state index is -2.73. The van der Waals surface area contributed by atoms with Crippen LogP contribution in [0, 0.1) is 11.3 Å². The van der Waals surface area contributed by atoms with Gasteiger partial charge in [-0.05, 0) is 37.0 Å². The van der Waals surface area contributed by atoms with Gasteiger partial charge in [-0.15, -0.1) is 0 Å². The Balaban J connectivity index is 2.57. The Labute approximate surface area is 126 Å². The highest BCUT2D eigenvalue weighted by molar-refractivity contribution is 7.91. The van der Waals surface area contributed by atoms with E-state index in [2.05, 4.69) is 20.8 Å². The summed E-state index contributed by atoms with van der Waals surface area (Å²) in [5, 5.41) is 0. The van der Waals surface area contributed by atoms with Crippen LogP contribution in [0.3, 0.4) is 0 Å². The normalized spacial score (nSPS) is 22.6. The Bertz CT molecular complexity index is 347.